The fourth-order valence-electron chi connectivity index (χ4n) is 1.42. The topological polar surface area (TPSA) is 84.7 Å². The second-order valence-corrected chi connectivity index (χ2v) is 3.63. The van der Waals surface area contributed by atoms with Crippen LogP contribution in [0.5, 0.6) is 0 Å². The standard InChI is InChI=1S/C11H14N6O/c1-2-12-7-11(18)14-9-3-5-10(6-4-9)17-8-13-15-16-17/h3-6,8,12H,2,7H2,1H3,(H,14,18). The Morgan fingerprint density at radius 2 is 2.11 bits per heavy atom. The van der Waals surface area contributed by atoms with E-state index in [1.807, 2.05) is 19.1 Å². The number of amides is 1. The van der Waals surface area contributed by atoms with Gasteiger partial charge in [-0.15, -0.1) is 5.10 Å². The molecule has 0 fully saturated rings. The molecule has 0 aliphatic heterocycles. The highest BCUT2D eigenvalue weighted by Crippen LogP contribution is 2.11. The summed E-state index contributed by atoms with van der Waals surface area (Å²) in [6.07, 6.45) is 1.51. The van der Waals surface area contributed by atoms with Crippen molar-refractivity contribution in [3.05, 3.63) is 30.6 Å². The maximum Gasteiger partial charge on any atom is 0.238 e. The molecule has 0 spiro atoms. The Bertz CT molecular complexity index is 493. The zero-order valence-electron chi connectivity index (χ0n) is 10.00. The third-order valence-corrected chi connectivity index (χ3v) is 2.30. The summed E-state index contributed by atoms with van der Waals surface area (Å²) < 4.78 is 1.55. The van der Waals surface area contributed by atoms with Crippen molar-refractivity contribution in [2.45, 2.75) is 6.92 Å². The molecule has 7 heteroatoms. The van der Waals surface area contributed by atoms with Crippen LogP contribution in [0.1, 0.15) is 6.92 Å². The second-order valence-electron chi connectivity index (χ2n) is 3.63. The highest BCUT2D eigenvalue weighted by molar-refractivity contribution is 5.92. The van der Waals surface area contributed by atoms with Crippen LogP contribution in [0.25, 0.3) is 5.69 Å². The molecule has 1 aromatic heterocycles. The number of aromatic nitrogens is 4. The smallest absolute Gasteiger partial charge is 0.238 e. The lowest BCUT2D eigenvalue weighted by atomic mass is 10.3. The van der Waals surface area contributed by atoms with Gasteiger partial charge in [0.2, 0.25) is 5.91 Å². The van der Waals surface area contributed by atoms with Crippen LogP contribution in [0.4, 0.5) is 5.69 Å². The Balaban J connectivity index is 1.98. The van der Waals surface area contributed by atoms with E-state index in [2.05, 4.69) is 26.2 Å². The highest BCUT2D eigenvalue weighted by atomic mass is 16.1. The fraction of sp³-hybridized carbons (Fsp3) is 0.273. The number of hydrogen-bond donors (Lipinski definition) is 2. The first-order valence-electron chi connectivity index (χ1n) is 5.63. The molecule has 1 heterocycles. The van der Waals surface area contributed by atoms with Crippen molar-refractivity contribution < 1.29 is 4.79 Å². The van der Waals surface area contributed by atoms with E-state index < -0.39 is 0 Å². The summed E-state index contributed by atoms with van der Waals surface area (Å²) in [4.78, 5) is 11.5. The molecule has 18 heavy (non-hydrogen) atoms. The third-order valence-electron chi connectivity index (χ3n) is 2.30. The van der Waals surface area contributed by atoms with Crippen molar-refractivity contribution in [3.63, 3.8) is 0 Å². The Hall–Kier alpha value is -2.28. The monoisotopic (exact) mass is 246 g/mol. The summed E-state index contributed by atoms with van der Waals surface area (Å²) in [7, 11) is 0. The minimum Gasteiger partial charge on any atom is -0.325 e. The van der Waals surface area contributed by atoms with E-state index in [9.17, 15) is 4.79 Å². The molecule has 94 valence electrons. The SMILES string of the molecule is CCNCC(=O)Nc1ccc(-n2cnnn2)cc1. The summed E-state index contributed by atoms with van der Waals surface area (Å²) in [6.45, 7) is 3.03. The minimum absolute atomic E-state index is 0.0629. The molecule has 0 atom stereocenters. The van der Waals surface area contributed by atoms with E-state index in [4.69, 9.17) is 0 Å². The molecule has 2 N–H and O–H groups in total. The molecule has 0 bridgehead atoms. The largest absolute Gasteiger partial charge is 0.325 e. The predicted octanol–water partition coefficient (Wildman–Crippen LogP) is 0.210. The molecule has 0 unspecified atom stereocenters. The van der Waals surface area contributed by atoms with Crippen molar-refractivity contribution in [3.8, 4) is 5.69 Å². The number of tetrazole rings is 1. The first-order valence-corrected chi connectivity index (χ1v) is 5.63. The average Bonchev–Trinajstić information content (AvgIpc) is 2.91. The van der Waals surface area contributed by atoms with E-state index in [1.165, 1.54) is 6.33 Å². The Kier molecular flexibility index (Phi) is 3.98. The molecular formula is C11H14N6O. The van der Waals surface area contributed by atoms with Gasteiger partial charge in [0.25, 0.3) is 0 Å². The van der Waals surface area contributed by atoms with Crippen LogP contribution in [0, 0.1) is 0 Å². The van der Waals surface area contributed by atoms with E-state index in [0.717, 1.165) is 17.9 Å². The summed E-state index contributed by atoms with van der Waals surface area (Å²) in [5.74, 6) is -0.0629. The molecule has 2 rings (SSSR count). The lowest BCUT2D eigenvalue weighted by molar-refractivity contribution is -0.115. The Morgan fingerprint density at radius 3 is 2.72 bits per heavy atom. The average molecular weight is 246 g/mol. The van der Waals surface area contributed by atoms with Gasteiger partial charge in [-0.1, -0.05) is 6.92 Å². The van der Waals surface area contributed by atoms with Gasteiger partial charge in [-0.25, -0.2) is 4.68 Å². The third kappa shape index (κ3) is 3.11. The summed E-state index contributed by atoms with van der Waals surface area (Å²) in [6, 6.07) is 7.28. The van der Waals surface area contributed by atoms with Gasteiger partial charge in [-0.3, -0.25) is 4.79 Å². The Morgan fingerprint density at radius 1 is 1.33 bits per heavy atom. The molecule has 0 saturated carbocycles. The van der Waals surface area contributed by atoms with E-state index in [-0.39, 0.29) is 5.91 Å². The number of benzene rings is 1. The van der Waals surface area contributed by atoms with Crippen molar-refractivity contribution in [1.29, 1.82) is 0 Å². The summed E-state index contributed by atoms with van der Waals surface area (Å²) >= 11 is 0. The van der Waals surface area contributed by atoms with Gasteiger partial charge in [0.05, 0.1) is 12.2 Å². The lowest BCUT2D eigenvalue weighted by Crippen LogP contribution is -2.27. The quantitative estimate of drug-likeness (QED) is 0.787. The molecule has 0 aliphatic rings. The number of carbonyl (C=O) groups excluding carboxylic acids is 1. The Labute approximate surface area is 104 Å². The minimum atomic E-state index is -0.0629. The lowest BCUT2D eigenvalue weighted by Gasteiger charge is -2.06. The number of nitrogens with zero attached hydrogens (tertiary/aromatic N) is 4. The maximum absolute atomic E-state index is 11.5. The molecule has 7 nitrogen and oxygen atoms in total. The summed E-state index contributed by atoms with van der Waals surface area (Å²) in [5.41, 5.74) is 1.58. The van der Waals surface area contributed by atoms with Gasteiger partial charge in [0.15, 0.2) is 0 Å². The number of likely N-dealkylation sites (N-methyl/N-ethyl adjacent to an activating group) is 1. The summed E-state index contributed by atoms with van der Waals surface area (Å²) in [5, 5.41) is 16.6. The molecule has 0 saturated heterocycles. The highest BCUT2D eigenvalue weighted by Gasteiger charge is 2.02. The fourth-order valence-corrected chi connectivity index (χ4v) is 1.42. The number of carbonyl (C=O) groups is 1. The van der Waals surface area contributed by atoms with Gasteiger partial charge in [-0.05, 0) is 41.2 Å². The van der Waals surface area contributed by atoms with Gasteiger partial charge < -0.3 is 10.6 Å². The predicted molar refractivity (Wildman–Crippen MR) is 66.3 cm³/mol. The van der Waals surface area contributed by atoms with E-state index >= 15 is 0 Å². The van der Waals surface area contributed by atoms with Crippen molar-refractivity contribution in [2.75, 3.05) is 18.4 Å². The van der Waals surface area contributed by atoms with Crippen LogP contribution in [-0.2, 0) is 4.79 Å². The van der Waals surface area contributed by atoms with Gasteiger partial charge in [0, 0.05) is 5.69 Å². The number of hydrogen-bond acceptors (Lipinski definition) is 5. The first kappa shape index (κ1) is 12.2. The maximum atomic E-state index is 11.5. The van der Waals surface area contributed by atoms with Crippen LogP contribution in [0.15, 0.2) is 30.6 Å². The molecule has 0 aliphatic carbocycles. The molecule has 1 amide bonds. The zero-order valence-corrected chi connectivity index (χ0v) is 10.00. The van der Waals surface area contributed by atoms with Crippen molar-refractivity contribution >= 4 is 11.6 Å². The number of rotatable bonds is 5. The second kappa shape index (κ2) is 5.87. The van der Waals surface area contributed by atoms with Gasteiger partial charge >= 0.3 is 0 Å². The van der Waals surface area contributed by atoms with E-state index in [1.54, 1.807) is 16.8 Å². The van der Waals surface area contributed by atoms with Crippen LogP contribution in [0.2, 0.25) is 0 Å². The normalized spacial score (nSPS) is 10.3. The van der Waals surface area contributed by atoms with Gasteiger partial charge in [0.1, 0.15) is 6.33 Å². The molecule has 2 aromatic rings. The number of nitrogens with one attached hydrogen (secondary N) is 2. The van der Waals surface area contributed by atoms with E-state index in [0.29, 0.717) is 6.54 Å². The molecule has 0 radical (unpaired) electrons. The molecule has 1 aromatic carbocycles. The van der Waals surface area contributed by atoms with Crippen molar-refractivity contribution in [2.24, 2.45) is 0 Å². The van der Waals surface area contributed by atoms with Crippen molar-refractivity contribution in [1.82, 2.24) is 25.5 Å². The van der Waals surface area contributed by atoms with Crippen LogP contribution >= 0.6 is 0 Å². The zero-order chi connectivity index (χ0) is 12.8. The van der Waals surface area contributed by atoms with Crippen LogP contribution in [0.3, 0.4) is 0 Å². The number of anilines is 1. The van der Waals surface area contributed by atoms with Crippen LogP contribution in [-0.4, -0.2) is 39.2 Å². The molecular weight excluding hydrogens is 232 g/mol. The van der Waals surface area contributed by atoms with Crippen LogP contribution < -0.4 is 10.6 Å². The first-order chi connectivity index (χ1) is 8.79. The van der Waals surface area contributed by atoms with Gasteiger partial charge in [-0.2, -0.15) is 0 Å².